The third-order valence-electron chi connectivity index (χ3n) is 5.53. The number of hydrogen-bond donors (Lipinski definition) is 1. The SMILES string of the molecule is COCC1(C(=O)N2CCN(c3ncnc4ccsc34)CC2)CCNCC1.Cl.Cl. The summed E-state index contributed by atoms with van der Waals surface area (Å²) in [5, 5.41) is 5.40. The normalized spacial score (nSPS) is 19.0. The molecule has 0 radical (unpaired) electrons. The number of hydrogen-bond acceptors (Lipinski definition) is 7. The van der Waals surface area contributed by atoms with Crippen molar-refractivity contribution in [2.24, 2.45) is 5.41 Å². The summed E-state index contributed by atoms with van der Waals surface area (Å²) in [4.78, 5) is 26.4. The highest BCUT2D eigenvalue weighted by molar-refractivity contribution is 7.17. The zero-order valence-corrected chi connectivity index (χ0v) is 18.4. The lowest BCUT2D eigenvalue weighted by Gasteiger charge is -2.43. The van der Waals surface area contributed by atoms with Crippen LogP contribution in [-0.2, 0) is 9.53 Å². The minimum absolute atomic E-state index is 0. The Balaban J connectivity index is 0.00000140. The Bertz CT molecular complexity index is 771. The van der Waals surface area contributed by atoms with Crippen LogP contribution >= 0.6 is 36.2 Å². The highest BCUT2D eigenvalue weighted by Crippen LogP contribution is 2.33. The average Bonchev–Trinajstić information content (AvgIpc) is 3.17. The van der Waals surface area contributed by atoms with Crippen molar-refractivity contribution in [2.45, 2.75) is 12.8 Å². The van der Waals surface area contributed by atoms with E-state index in [-0.39, 0.29) is 36.1 Å². The third-order valence-corrected chi connectivity index (χ3v) is 6.43. The molecule has 2 aromatic rings. The van der Waals surface area contributed by atoms with Crippen LogP contribution in [0.15, 0.2) is 17.8 Å². The summed E-state index contributed by atoms with van der Waals surface area (Å²) < 4.78 is 6.55. The molecule has 1 amide bonds. The van der Waals surface area contributed by atoms with E-state index >= 15 is 0 Å². The number of anilines is 1. The number of amides is 1. The Kier molecular flexibility index (Phi) is 8.27. The molecule has 0 atom stereocenters. The predicted octanol–water partition coefficient (Wildman–Crippen LogP) is 2.20. The van der Waals surface area contributed by atoms with Gasteiger partial charge < -0.3 is 19.9 Å². The van der Waals surface area contributed by atoms with E-state index in [2.05, 4.69) is 20.2 Å². The first kappa shape index (κ1) is 23.1. The van der Waals surface area contributed by atoms with Crippen molar-refractivity contribution >= 4 is 58.1 Å². The van der Waals surface area contributed by atoms with Crippen molar-refractivity contribution < 1.29 is 9.53 Å². The van der Waals surface area contributed by atoms with E-state index in [1.807, 2.05) is 16.3 Å². The van der Waals surface area contributed by atoms with Gasteiger partial charge in [0.05, 0.1) is 22.2 Å². The van der Waals surface area contributed by atoms with Crippen molar-refractivity contribution in [3.8, 4) is 0 Å². The average molecular weight is 448 g/mol. The van der Waals surface area contributed by atoms with Crippen molar-refractivity contribution in [1.29, 1.82) is 0 Å². The number of carbonyl (C=O) groups is 1. The smallest absolute Gasteiger partial charge is 0.231 e. The van der Waals surface area contributed by atoms with E-state index in [1.165, 1.54) is 0 Å². The Morgan fingerprint density at radius 2 is 1.93 bits per heavy atom. The zero-order chi connectivity index (χ0) is 18.0. The maximum atomic E-state index is 13.3. The van der Waals surface area contributed by atoms with Gasteiger partial charge in [-0.15, -0.1) is 36.2 Å². The molecule has 28 heavy (non-hydrogen) atoms. The van der Waals surface area contributed by atoms with Crippen LogP contribution in [0.3, 0.4) is 0 Å². The molecule has 156 valence electrons. The first-order chi connectivity index (χ1) is 12.7. The molecule has 1 N–H and O–H groups in total. The number of methoxy groups -OCH3 is 1. The first-order valence-electron chi connectivity index (χ1n) is 9.16. The Hall–Kier alpha value is -1.19. The molecule has 0 saturated carbocycles. The van der Waals surface area contributed by atoms with Gasteiger partial charge in [-0.2, -0.15) is 0 Å². The van der Waals surface area contributed by atoms with Gasteiger partial charge in [-0.25, -0.2) is 9.97 Å². The minimum Gasteiger partial charge on any atom is -0.384 e. The molecule has 2 aromatic heterocycles. The summed E-state index contributed by atoms with van der Waals surface area (Å²) in [5.41, 5.74) is 0.630. The summed E-state index contributed by atoms with van der Waals surface area (Å²) in [5.74, 6) is 1.25. The first-order valence-corrected chi connectivity index (χ1v) is 10.0. The summed E-state index contributed by atoms with van der Waals surface area (Å²) in [7, 11) is 1.69. The molecule has 2 saturated heterocycles. The number of nitrogens with zero attached hydrogens (tertiary/aromatic N) is 4. The van der Waals surface area contributed by atoms with E-state index in [0.29, 0.717) is 6.61 Å². The number of rotatable bonds is 4. The van der Waals surface area contributed by atoms with Crippen molar-refractivity contribution in [3.63, 3.8) is 0 Å². The van der Waals surface area contributed by atoms with Gasteiger partial charge in [0.1, 0.15) is 12.1 Å². The lowest BCUT2D eigenvalue weighted by molar-refractivity contribution is -0.147. The molecule has 0 aromatic carbocycles. The Labute approximate surface area is 181 Å². The third kappa shape index (κ3) is 4.36. The highest BCUT2D eigenvalue weighted by atomic mass is 35.5. The second-order valence-corrected chi connectivity index (χ2v) is 7.99. The lowest BCUT2D eigenvalue weighted by Crippen LogP contribution is -2.56. The van der Waals surface area contributed by atoms with Crippen LogP contribution < -0.4 is 10.2 Å². The number of nitrogens with one attached hydrogen (secondary N) is 1. The van der Waals surface area contributed by atoms with Crippen LogP contribution in [0.5, 0.6) is 0 Å². The molecule has 0 bridgehead atoms. The van der Waals surface area contributed by atoms with Crippen molar-refractivity contribution in [1.82, 2.24) is 20.2 Å². The van der Waals surface area contributed by atoms with Gasteiger partial charge in [0.25, 0.3) is 0 Å². The van der Waals surface area contributed by atoms with Gasteiger partial charge in [0, 0.05) is 33.3 Å². The highest BCUT2D eigenvalue weighted by Gasteiger charge is 2.42. The van der Waals surface area contributed by atoms with E-state index in [1.54, 1.807) is 24.8 Å². The molecular formula is C18H27Cl2N5O2S. The van der Waals surface area contributed by atoms with Crippen LogP contribution in [0, 0.1) is 5.41 Å². The van der Waals surface area contributed by atoms with Crippen LogP contribution in [0.25, 0.3) is 10.2 Å². The van der Waals surface area contributed by atoms with E-state index in [0.717, 1.165) is 68.1 Å². The van der Waals surface area contributed by atoms with Gasteiger partial charge in [-0.1, -0.05) is 0 Å². The summed E-state index contributed by atoms with van der Waals surface area (Å²) in [6, 6.07) is 2.02. The largest absolute Gasteiger partial charge is 0.384 e. The van der Waals surface area contributed by atoms with Crippen LogP contribution in [0.2, 0.25) is 0 Å². The standard InChI is InChI=1S/C18H25N5O2S.2ClH/c1-25-12-18(3-5-19-6-4-18)17(24)23-9-7-22(8-10-23)16-15-14(2-11-26-15)20-13-21-16;;/h2,11,13,19H,3-10,12H2,1H3;2*1H. The number of fused-ring (bicyclic) bond motifs is 1. The van der Waals surface area contributed by atoms with Crippen molar-refractivity contribution in [2.75, 3.05) is 57.9 Å². The Morgan fingerprint density at radius 1 is 1.21 bits per heavy atom. The molecule has 2 aliphatic rings. The van der Waals surface area contributed by atoms with Gasteiger partial charge in [-0.05, 0) is 37.4 Å². The lowest BCUT2D eigenvalue weighted by atomic mass is 9.78. The zero-order valence-electron chi connectivity index (χ0n) is 15.9. The van der Waals surface area contributed by atoms with E-state index < -0.39 is 0 Å². The number of ether oxygens (including phenoxy) is 1. The predicted molar refractivity (Wildman–Crippen MR) is 117 cm³/mol. The molecule has 4 heterocycles. The quantitative estimate of drug-likeness (QED) is 0.774. The van der Waals surface area contributed by atoms with E-state index in [9.17, 15) is 4.79 Å². The number of piperidine rings is 1. The van der Waals surface area contributed by atoms with Crippen molar-refractivity contribution in [3.05, 3.63) is 17.8 Å². The molecule has 0 spiro atoms. The number of piperazine rings is 1. The van der Waals surface area contributed by atoms with Gasteiger partial charge >= 0.3 is 0 Å². The Morgan fingerprint density at radius 3 is 2.61 bits per heavy atom. The fourth-order valence-electron chi connectivity index (χ4n) is 4.06. The minimum atomic E-state index is -0.363. The monoisotopic (exact) mass is 447 g/mol. The molecule has 2 aliphatic heterocycles. The molecule has 0 aliphatic carbocycles. The summed E-state index contributed by atoms with van der Waals surface area (Å²) >= 11 is 1.67. The molecule has 7 nitrogen and oxygen atoms in total. The second-order valence-electron chi connectivity index (χ2n) is 7.07. The van der Waals surface area contributed by atoms with Crippen LogP contribution in [0.1, 0.15) is 12.8 Å². The number of carbonyl (C=O) groups excluding carboxylic acids is 1. The van der Waals surface area contributed by atoms with Gasteiger partial charge in [0.2, 0.25) is 5.91 Å². The fourth-order valence-corrected chi connectivity index (χ4v) is 4.92. The molecule has 2 fully saturated rings. The maximum Gasteiger partial charge on any atom is 0.231 e. The molecule has 10 heteroatoms. The molecule has 4 rings (SSSR count). The van der Waals surface area contributed by atoms with E-state index in [4.69, 9.17) is 4.74 Å². The fraction of sp³-hybridized carbons (Fsp3) is 0.611. The summed E-state index contributed by atoms with van der Waals surface area (Å²) in [6.45, 7) is 5.34. The number of aromatic nitrogens is 2. The molecular weight excluding hydrogens is 421 g/mol. The summed E-state index contributed by atoms with van der Waals surface area (Å²) in [6.07, 6.45) is 3.33. The second kappa shape index (κ2) is 10.0. The van der Waals surface area contributed by atoms with Gasteiger partial charge in [0.15, 0.2) is 0 Å². The van der Waals surface area contributed by atoms with Gasteiger partial charge in [-0.3, -0.25) is 4.79 Å². The van der Waals surface area contributed by atoms with Crippen LogP contribution in [0.4, 0.5) is 5.82 Å². The topological polar surface area (TPSA) is 70.6 Å². The number of thiophene rings is 1. The van der Waals surface area contributed by atoms with Crippen LogP contribution in [-0.4, -0.2) is 73.8 Å². The number of halogens is 2. The maximum absolute atomic E-state index is 13.3. The molecule has 0 unspecified atom stereocenters.